The molecule has 0 saturated carbocycles. The lowest BCUT2D eigenvalue weighted by Gasteiger charge is -2.25. The molecule has 0 fully saturated rings. The Hall–Kier alpha value is -3.03. The quantitative estimate of drug-likeness (QED) is 0.373. The Labute approximate surface area is 167 Å². The number of nitrogens with zero attached hydrogens (tertiary/aromatic N) is 2. The summed E-state index contributed by atoms with van der Waals surface area (Å²) in [6, 6.07) is 19.5. The molecule has 3 aromatic rings. The van der Waals surface area contributed by atoms with Crippen molar-refractivity contribution >= 4 is 23.5 Å². The zero-order chi connectivity index (χ0) is 19.3. The lowest BCUT2D eigenvalue weighted by atomic mass is 10.0. The lowest BCUT2D eigenvalue weighted by Crippen LogP contribution is -2.26. The van der Waals surface area contributed by atoms with Crippen molar-refractivity contribution in [2.75, 3.05) is 4.31 Å². The molecule has 2 heterocycles. The first-order valence-corrected chi connectivity index (χ1v) is 9.63. The van der Waals surface area contributed by atoms with E-state index >= 15 is 0 Å². The molecule has 6 nitrogen and oxygen atoms in total. The van der Waals surface area contributed by atoms with Crippen LogP contribution < -0.4 is 14.5 Å². The number of ether oxygens (including phenoxy) is 1. The number of hydrogen-bond acceptors (Lipinski definition) is 6. The van der Waals surface area contributed by atoms with Crippen molar-refractivity contribution in [1.29, 1.82) is 0 Å². The van der Waals surface area contributed by atoms with Crippen LogP contribution in [0.4, 0.5) is 5.69 Å². The molecule has 1 aliphatic heterocycles. The second-order valence-electron chi connectivity index (χ2n) is 6.35. The molecule has 1 atom stereocenters. The Morgan fingerprint density at radius 3 is 2.61 bits per heavy atom. The zero-order valence-corrected chi connectivity index (χ0v) is 15.8. The van der Waals surface area contributed by atoms with Crippen molar-refractivity contribution in [3.05, 3.63) is 84.2 Å². The Bertz CT molecular complexity index is 951. The number of rotatable bonds is 6. The molecule has 1 unspecified atom stereocenters. The van der Waals surface area contributed by atoms with Crippen LogP contribution in [0.1, 0.15) is 23.6 Å². The monoisotopic (exact) mass is 393 g/mol. The third-order valence-electron chi connectivity index (χ3n) is 4.51. The van der Waals surface area contributed by atoms with E-state index in [9.17, 15) is 4.79 Å². The van der Waals surface area contributed by atoms with E-state index in [0.717, 1.165) is 27.5 Å². The summed E-state index contributed by atoms with van der Waals surface area (Å²) in [5.74, 6) is 0.358. The largest absolute Gasteiger partial charge is 0.489 e. The molecule has 0 spiro atoms. The van der Waals surface area contributed by atoms with Crippen LogP contribution >= 0.6 is 11.9 Å². The van der Waals surface area contributed by atoms with E-state index in [1.54, 1.807) is 29.8 Å². The topological polar surface area (TPSA) is 74.7 Å². The van der Waals surface area contributed by atoms with Gasteiger partial charge in [0.1, 0.15) is 12.4 Å². The average molecular weight is 393 g/mol. The summed E-state index contributed by atoms with van der Waals surface area (Å²) >= 11 is 1.59. The number of carbonyl (C=O) groups is 1. The molecule has 7 heteroatoms. The van der Waals surface area contributed by atoms with Crippen LogP contribution in [-0.2, 0) is 11.4 Å². The van der Waals surface area contributed by atoms with Crippen LogP contribution in [0.25, 0.3) is 0 Å². The summed E-state index contributed by atoms with van der Waals surface area (Å²) in [5.41, 5.74) is 4.84. The molecule has 0 aliphatic carbocycles. The summed E-state index contributed by atoms with van der Waals surface area (Å²) in [6.07, 6.45) is 3.65. The van der Waals surface area contributed by atoms with E-state index in [1.807, 2.05) is 60.7 Å². The van der Waals surface area contributed by atoms with Crippen molar-refractivity contribution in [3.8, 4) is 5.75 Å². The van der Waals surface area contributed by atoms with Crippen LogP contribution in [-0.4, -0.2) is 16.1 Å². The second-order valence-corrected chi connectivity index (χ2v) is 7.36. The minimum atomic E-state index is -0.412. The number of carbonyl (C=O) groups excluding carboxylic acids is 1. The van der Waals surface area contributed by atoms with Gasteiger partial charge in [-0.25, -0.2) is 5.48 Å². The Morgan fingerprint density at radius 1 is 1.11 bits per heavy atom. The van der Waals surface area contributed by atoms with Gasteiger partial charge in [-0.05, 0) is 65.5 Å². The molecule has 4 rings (SSSR count). The van der Waals surface area contributed by atoms with Gasteiger partial charge < -0.3 is 9.04 Å². The Kier molecular flexibility index (Phi) is 5.45. The normalized spacial score (nSPS) is 15.2. The molecular formula is C21H19N3O3S. The highest BCUT2D eigenvalue weighted by molar-refractivity contribution is 8.01. The van der Waals surface area contributed by atoms with Crippen LogP contribution in [0.15, 0.2) is 78.0 Å². The van der Waals surface area contributed by atoms with Crippen molar-refractivity contribution in [1.82, 2.24) is 10.5 Å². The Balaban J connectivity index is 1.50. The van der Waals surface area contributed by atoms with E-state index in [2.05, 4.69) is 9.29 Å². The van der Waals surface area contributed by atoms with Gasteiger partial charge in [0.15, 0.2) is 0 Å². The lowest BCUT2D eigenvalue weighted by molar-refractivity contribution is -0.129. The number of pyridine rings is 1. The summed E-state index contributed by atoms with van der Waals surface area (Å²) < 4.78 is 7.92. The fraction of sp³-hybridized carbons (Fsp3) is 0.143. The summed E-state index contributed by atoms with van der Waals surface area (Å²) in [4.78, 5) is 16.9. The maximum Gasteiger partial charge on any atom is 0.245 e. The molecule has 28 heavy (non-hydrogen) atoms. The van der Waals surface area contributed by atoms with Crippen molar-refractivity contribution in [2.24, 2.45) is 0 Å². The van der Waals surface area contributed by atoms with Gasteiger partial charge in [-0.3, -0.25) is 15.0 Å². The SMILES string of the molecule is O=C(CC1c2ccccc2SN1c1ccc(OCc2ccncc2)cc1)NO. The summed E-state index contributed by atoms with van der Waals surface area (Å²) in [6.45, 7) is 0.477. The second kappa shape index (κ2) is 8.33. The van der Waals surface area contributed by atoms with E-state index in [1.165, 1.54) is 0 Å². The smallest absolute Gasteiger partial charge is 0.245 e. The fourth-order valence-corrected chi connectivity index (χ4v) is 4.32. The molecule has 2 aromatic carbocycles. The maximum atomic E-state index is 11.8. The molecule has 0 saturated heterocycles. The molecule has 1 aliphatic rings. The number of benzene rings is 2. The van der Waals surface area contributed by atoms with Gasteiger partial charge >= 0.3 is 0 Å². The first-order valence-electron chi connectivity index (χ1n) is 8.85. The third-order valence-corrected chi connectivity index (χ3v) is 5.74. The van der Waals surface area contributed by atoms with Crippen molar-refractivity contribution in [3.63, 3.8) is 0 Å². The van der Waals surface area contributed by atoms with Gasteiger partial charge in [-0.15, -0.1) is 0 Å². The minimum Gasteiger partial charge on any atom is -0.489 e. The van der Waals surface area contributed by atoms with Crippen LogP contribution in [0.5, 0.6) is 5.75 Å². The number of hydrogen-bond donors (Lipinski definition) is 2. The number of anilines is 1. The van der Waals surface area contributed by atoms with Gasteiger partial charge in [0.2, 0.25) is 5.91 Å². The van der Waals surface area contributed by atoms with Gasteiger partial charge in [-0.1, -0.05) is 18.2 Å². The average Bonchev–Trinajstić information content (AvgIpc) is 3.11. The molecule has 2 N–H and O–H groups in total. The number of nitrogens with one attached hydrogen (secondary N) is 1. The maximum absolute atomic E-state index is 11.8. The zero-order valence-electron chi connectivity index (χ0n) is 15.0. The third kappa shape index (κ3) is 3.95. The molecule has 0 bridgehead atoms. The highest BCUT2D eigenvalue weighted by atomic mass is 32.2. The standard InChI is InChI=1S/C21H19N3O3S/c25-21(23-26)13-19-18-3-1-2-4-20(18)28-24(19)16-5-7-17(8-6-16)27-14-15-9-11-22-12-10-15/h1-12,19,26H,13-14H2,(H,23,25). The molecule has 142 valence electrons. The predicted molar refractivity (Wildman–Crippen MR) is 107 cm³/mol. The fourth-order valence-electron chi connectivity index (χ4n) is 3.12. The van der Waals surface area contributed by atoms with E-state index in [0.29, 0.717) is 6.61 Å². The van der Waals surface area contributed by atoms with E-state index in [4.69, 9.17) is 9.94 Å². The van der Waals surface area contributed by atoms with Crippen molar-refractivity contribution in [2.45, 2.75) is 24.0 Å². The first kappa shape index (κ1) is 18.3. The molecule has 1 aromatic heterocycles. The predicted octanol–water partition coefficient (Wildman–Crippen LogP) is 4.12. The van der Waals surface area contributed by atoms with E-state index in [-0.39, 0.29) is 12.5 Å². The number of fused-ring (bicyclic) bond motifs is 1. The van der Waals surface area contributed by atoms with Gasteiger partial charge in [0.25, 0.3) is 0 Å². The summed E-state index contributed by atoms with van der Waals surface area (Å²) in [7, 11) is 0. The van der Waals surface area contributed by atoms with Gasteiger partial charge in [-0.2, -0.15) is 0 Å². The highest BCUT2D eigenvalue weighted by Gasteiger charge is 2.33. The molecule has 0 radical (unpaired) electrons. The highest BCUT2D eigenvalue weighted by Crippen LogP contribution is 2.48. The first-order chi connectivity index (χ1) is 13.7. The van der Waals surface area contributed by atoms with Gasteiger partial charge in [0, 0.05) is 23.0 Å². The number of aromatic nitrogens is 1. The summed E-state index contributed by atoms with van der Waals surface area (Å²) in [5, 5.41) is 8.94. The number of hydroxylamine groups is 1. The van der Waals surface area contributed by atoms with Crippen molar-refractivity contribution < 1.29 is 14.7 Å². The van der Waals surface area contributed by atoms with E-state index < -0.39 is 5.91 Å². The molecule has 1 amide bonds. The van der Waals surface area contributed by atoms with Crippen LogP contribution in [0.3, 0.4) is 0 Å². The molecular weight excluding hydrogens is 374 g/mol. The number of amides is 1. The van der Waals surface area contributed by atoms with Gasteiger partial charge in [0.05, 0.1) is 12.5 Å². The Morgan fingerprint density at radius 2 is 1.86 bits per heavy atom. The minimum absolute atomic E-state index is 0.156. The van der Waals surface area contributed by atoms with Crippen LogP contribution in [0, 0.1) is 0 Å². The van der Waals surface area contributed by atoms with Crippen LogP contribution in [0.2, 0.25) is 0 Å².